The number of rotatable bonds is 4. The van der Waals surface area contributed by atoms with E-state index in [2.05, 4.69) is 15.3 Å². The number of hydrogen-bond acceptors (Lipinski definition) is 6. The summed E-state index contributed by atoms with van der Waals surface area (Å²) >= 11 is 2.64. The standard InChI is InChI=1S/C21H19F3N4O2S2/c1-11-17(32-12(2)25-11)15-10-31-20(26-15)27-18(29)16-8-14(13-6-4-3-5-7-13)9-28(16)19(30)21(22,23)24/h3-7,10,14,16H,8-9H2,1-2H3,(H,26,27,29)/t14-,16-/m0/s1. The van der Waals surface area contributed by atoms with Gasteiger partial charge in [0.15, 0.2) is 5.13 Å². The van der Waals surface area contributed by atoms with Gasteiger partial charge in [-0.2, -0.15) is 13.2 Å². The van der Waals surface area contributed by atoms with Crippen molar-refractivity contribution >= 4 is 39.6 Å². The van der Waals surface area contributed by atoms with Crippen LogP contribution >= 0.6 is 22.7 Å². The van der Waals surface area contributed by atoms with E-state index in [9.17, 15) is 22.8 Å². The van der Waals surface area contributed by atoms with Gasteiger partial charge < -0.3 is 10.2 Å². The molecule has 2 amide bonds. The summed E-state index contributed by atoms with van der Waals surface area (Å²) in [7, 11) is 0. The Morgan fingerprint density at radius 2 is 1.88 bits per heavy atom. The van der Waals surface area contributed by atoms with Crippen molar-refractivity contribution < 1.29 is 22.8 Å². The molecule has 2 atom stereocenters. The van der Waals surface area contributed by atoms with Gasteiger partial charge in [0.1, 0.15) is 6.04 Å². The molecular formula is C21H19F3N4O2S2. The van der Waals surface area contributed by atoms with Gasteiger partial charge in [-0.25, -0.2) is 9.97 Å². The van der Waals surface area contributed by atoms with Crippen molar-refractivity contribution in [3.63, 3.8) is 0 Å². The Kier molecular flexibility index (Phi) is 6.04. The van der Waals surface area contributed by atoms with Gasteiger partial charge in [0.25, 0.3) is 0 Å². The number of nitrogens with zero attached hydrogens (tertiary/aromatic N) is 3. The van der Waals surface area contributed by atoms with Crippen LogP contribution in [0.4, 0.5) is 18.3 Å². The predicted octanol–water partition coefficient (Wildman–Crippen LogP) is 4.77. The van der Waals surface area contributed by atoms with Crippen molar-refractivity contribution in [1.82, 2.24) is 14.9 Å². The van der Waals surface area contributed by atoms with Crippen molar-refractivity contribution in [2.24, 2.45) is 0 Å². The van der Waals surface area contributed by atoms with Gasteiger partial charge in [-0.05, 0) is 25.8 Å². The fourth-order valence-corrected chi connectivity index (χ4v) is 5.49. The van der Waals surface area contributed by atoms with E-state index < -0.39 is 24.0 Å². The third kappa shape index (κ3) is 4.53. The first kappa shape index (κ1) is 22.4. The lowest BCUT2D eigenvalue weighted by molar-refractivity contribution is -0.186. The summed E-state index contributed by atoms with van der Waals surface area (Å²) in [5, 5.41) is 5.51. The van der Waals surface area contributed by atoms with Crippen LogP contribution < -0.4 is 5.32 Å². The lowest BCUT2D eigenvalue weighted by atomic mass is 9.96. The van der Waals surface area contributed by atoms with Crippen LogP contribution in [0.15, 0.2) is 35.7 Å². The topological polar surface area (TPSA) is 75.2 Å². The molecule has 168 valence electrons. The zero-order valence-electron chi connectivity index (χ0n) is 17.1. The molecule has 0 unspecified atom stereocenters. The number of carbonyl (C=O) groups is 2. The summed E-state index contributed by atoms with van der Waals surface area (Å²) in [6.07, 6.45) is -4.96. The van der Waals surface area contributed by atoms with Gasteiger partial charge in [-0.1, -0.05) is 30.3 Å². The zero-order valence-corrected chi connectivity index (χ0v) is 18.8. The molecule has 1 aliphatic rings. The van der Waals surface area contributed by atoms with Crippen LogP contribution in [-0.2, 0) is 9.59 Å². The van der Waals surface area contributed by atoms with Crippen LogP contribution in [0.5, 0.6) is 0 Å². The van der Waals surface area contributed by atoms with E-state index in [0.29, 0.717) is 10.6 Å². The van der Waals surface area contributed by atoms with E-state index in [1.165, 1.54) is 22.7 Å². The zero-order chi connectivity index (χ0) is 23.0. The molecule has 0 spiro atoms. The minimum Gasteiger partial charge on any atom is -0.322 e. The Hall–Kier alpha value is -2.79. The number of likely N-dealkylation sites (tertiary alicyclic amines) is 1. The molecule has 0 saturated carbocycles. The Labute approximate surface area is 190 Å². The number of halogens is 3. The first-order valence-electron chi connectivity index (χ1n) is 9.77. The van der Waals surface area contributed by atoms with E-state index >= 15 is 0 Å². The molecule has 1 aliphatic heterocycles. The fourth-order valence-electron chi connectivity index (χ4n) is 3.83. The Morgan fingerprint density at radius 1 is 1.16 bits per heavy atom. The number of benzene rings is 1. The molecular weight excluding hydrogens is 461 g/mol. The molecule has 2 aromatic heterocycles. The maximum Gasteiger partial charge on any atom is 0.471 e. The largest absolute Gasteiger partial charge is 0.471 e. The molecule has 32 heavy (non-hydrogen) atoms. The lowest BCUT2D eigenvalue weighted by Crippen LogP contribution is -2.48. The summed E-state index contributed by atoms with van der Waals surface area (Å²) in [6, 6.07) is 7.68. The minimum absolute atomic E-state index is 0.100. The molecule has 3 heterocycles. The van der Waals surface area contributed by atoms with Crippen molar-refractivity contribution in [2.75, 3.05) is 11.9 Å². The third-order valence-electron chi connectivity index (χ3n) is 5.25. The second-order valence-electron chi connectivity index (χ2n) is 7.49. The molecule has 3 aromatic rings. The summed E-state index contributed by atoms with van der Waals surface area (Å²) in [6.45, 7) is 3.56. The first-order valence-corrected chi connectivity index (χ1v) is 11.5. The van der Waals surface area contributed by atoms with Crippen molar-refractivity contribution in [2.45, 2.75) is 38.4 Å². The van der Waals surface area contributed by atoms with Gasteiger partial charge in [0.05, 0.1) is 21.3 Å². The number of aryl methyl sites for hydroxylation is 2. The van der Waals surface area contributed by atoms with Crippen LogP contribution in [0.25, 0.3) is 10.6 Å². The van der Waals surface area contributed by atoms with E-state index in [-0.39, 0.29) is 24.0 Å². The molecule has 0 radical (unpaired) electrons. The van der Waals surface area contributed by atoms with Gasteiger partial charge >= 0.3 is 12.1 Å². The van der Waals surface area contributed by atoms with Crippen LogP contribution in [0.2, 0.25) is 0 Å². The molecule has 0 aliphatic carbocycles. The number of nitrogens with one attached hydrogen (secondary N) is 1. The second kappa shape index (κ2) is 8.62. The highest BCUT2D eigenvalue weighted by molar-refractivity contribution is 7.16. The summed E-state index contributed by atoms with van der Waals surface area (Å²) in [5.41, 5.74) is 2.25. The molecule has 1 aromatic carbocycles. The lowest BCUT2D eigenvalue weighted by Gasteiger charge is -2.24. The minimum atomic E-state index is -5.06. The monoisotopic (exact) mass is 480 g/mol. The number of thiazole rings is 2. The van der Waals surface area contributed by atoms with E-state index in [4.69, 9.17) is 0 Å². The number of anilines is 1. The van der Waals surface area contributed by atoms with Crippen LogP contribution in [-0.4, -0.2) is 45.4 Å². The number of amides is 2. The summed E-state index contributed by atoms with van der Waals surface area (Å²) in [5.74, 6) is -3.06. The highest BCUT2D eigenvalue weighted by Gasteiger charge is 2.50. The molecule has 1 N–H and O–H groups in total. The normalized spacial score (nSPS) is 18.7. The van der Waals surface area contributed by atoms with E-state index in [1.807, 2.05) is 13.8 Å². The first-order chi connectivity index (χ1) is 15.1. The molecule has 11 heteroatoms. The van der Waals surface area contributed by atoms with Gasteiger partial charge in [-0.15, -0.1) is 22.7 Å². The maximum atomic E-state index is 13.2. The SMILES string of the molecule is Cc1nc(C)c(-c2csc(NC(=O)[C@@H]3C[C@H](c4ccccc4)CN3C(=O)C(F)(F)F)n2)s1. The molecule has 1 saturated heterocycles. The van der Waals surface area contributed by atoms with Crippen LogP contribution in [0, 0.1) is 13.8 Å². The van der Waals surface area contributed by atoms with Crippen LogP contribution in [0.3, 0.4) is 0 Å². The molecule has 0 bridgehead atoms. The fraction of sp³-hybridized carbons (Fsp3) is 0.333. The quantitative estimate of drug-likeness (QED) is 0.584. The van der Waals surface area contributed by atoms with E-state index in [0.717, 1.165) is 21.1 Å². The number of alkyl halides is 3. The second-order valence-corrected chi connectivity index (χ2v) is 9.55. The number of aromatic nitrogens is 2. The highest BCUT2D eigenvalue weighted by atomic mass is 32.1. The average Bonchev–Trinajstić information content (AvgIpc) is 3.45. The smallest absolute Gasteiger partial charge is 0.322 e. The Morgan fingerprint density at radius 3 is 2.50 bits per heavy atom. The Balaban J connectivity index is 1.55. The maximum absolute atomic E-state index is 13.2. The van der Waals surface area contributed by atoms with Gasteiger partial charge in [0.2, 0.25) is 5.91 Å². The Bertz CT molecular complexity index is 1140. The van der Waals surface area contributed by atoms with Crippen molar-refractivity contribution in [3.8, 4) is 10.6 Å². The molecule has 6 nitrogen and oxygen atoms in total. The summed E-state index contributed by atoms with van der Waals surface area (Å²) < 4.78 is 39.6. The van der Waals surface area contributed by atoms with Gasteiger partial charge in [0, 0.05) is 17.8 Å². The predicted molar refractivity (Wildman–Crippen MR) is 117 cm³/mol. The van der Waals surface area contributed by atoms with Crippen LogP contribution in [0.1, 0.15) is 28.6 Å². The molecule has 1 fully saturated rings. The van der Waals surface area contributed by atoms with Crippen molar-refractivity contribution in [3.05, 3.63) is 52.0 Å². The third-order valence-corrected chi connectivity index (χ3v) is 7.10. The summed E-state index contributed by atoms with van der Waals surface area (Å²) in [4.78, 5) is 35.2. The van der Waals surface area contributed by atoms with Crippen molar-refractivity contribution in [1.29, 1.82) is 0 Å². The molecule has 4 rings (SSSR count). The number of hydrogen-bond donors (Lipinski definition) is 1. The van der Waals surface area contributed by atoms with E-state index in [1.54, 1.807) is 35.7 Å². The number of carbonyl (C=O) groups excluding carboxylic acids is 2. The average molecular weight is 481 g/mol. The van der Waals surface area contributed by atoms with Gasteiger partial charge in [-0.3, -0.25) is 9.59 Å². The highest BCUT2D eigenvalue weighted by Crippen LogP contribution is 2.36.